The molecule has 0 aromatic carbocycles. The maximum absolute atomic E-state index is 12.9. The van der Waals surface area contributed by atoms with Gasteiger partial charge in [0.1, 0.15) is 17.8 Å². The van der Waals surface area contributed by atoms with Gasteiger partial charge >= 0.3 is 23.9 Å². The van der Waals surface area contributed by atoms with Crippen LogP contribution in [0.2, 0.25) is 0 Å². The zero-order valence-corrected chi connectivity index (χ0v) is 36.2. The highest BCUT2D eigenvalue weighted by Gasteiger charge is 2.67. The molecule has 10 bridgehead atoms. The SMILES string of the molecule is C.C.C.C.CCC(C)(C)C(=O)OC1CC2CC(C(=O)OCOC34CC5CC(CC(C5)C3=O)C4)C1C2.CCOCOC(=O)C1CC2CC1C1C3CC(CC3OC(=O)C(C)(C)CC)C21. The van der Waals surface area contributed by atoms with E-state index in [9.17, 15) is 24.0 Å². The van der Waals surface area contributed by atoms with Gasteiger partial charge in [-0.25, -0.2) is 0 Å². The number of Topliss-reactive ketones (excluding diaryl/α,β-unsaturated/α-hetero) is 1. The maximum atomic E-state index is 12.9. The van der Waals surface area contributed by atoms with Crippen LogP contribution < -0.4 is 0 Å². The van der Waals surface area contributed by atoms with Crippen LogP contribution in [0.4, 0.5) is 0 Å². The topological polar surface area (TPSA) is 141 Å². The van der Waals surface area contributed by atoms with Crippen molar-refractivity contribution in [3.63, 3.8) is 0 Å². The van der Waals surface area contributed by atoms with Crippen molar-refractivity contribution in [1.82, 2.24) is 0 Å². The van der Waals surface area contributed by atoms with Gasteiger partial charge in [-0.1, -0.05) is 43.6 Å². The Morgan fingerprint density at radius 3 is 1.68 bits per heavy atom. The van der Waals surface area contributed by atoms with Crippen LogP contribution in [0.25, 0.3) is 0 Å². The van der Waals surface area contributed by atoms with Gasteiger partial charge in [0.2, 0.25) is 0 Å². The lowest BCUT2D eigenvalue weighted by Crippen LogP contribution is -2.59. The summed E-state index contributed by atoms with van der Waals surface area (Å²) in [5.41, 5.74) is -1.63. The number of carbonyl (C=O) groups is 5. The third-order valence-corrected chi connectivity index (χ3v) is 17.5. The first-order chi connectivity index (χ1) is 27.6. The highest BCUT2D eigenvalue weighted by atomic mass is 16.7. The van der Waals surface area contributed by atoms with Crippen molar-refractivity contribution < 1.29 is 52.4 Å². The van der Waals surface area contributed by atoms with Crippen molar-refractivity contribution in [2.45, 2.75) is 186 Å². The Labute approximate surface area is 374 Å². The van der Waals surface area contributed by atoms with Gasteiger partial charge in [-0.05, 0) is 178 Å². The molecule has 0 aromatic rings. The van der Waals surface area contributed by atoms with Gasteiger partial charge in [-0.15, -0.1) is 0 Å². The molecule has 11 heteroatoms. The van der Waals surface area contributed by atoms with Crippen LogP contribution in [0, 0.1) is 87.8 Å². The molecule has 11 nitrogen and oxygen atoms in total. The van der Waals surface area contributed by atoms with Crippen LogP contribution in [-0.4, -0.2) is 67.7 Å². The molecule has 10 fully saturated rings. The Kier molecular flexibility index (Phi) is 16.7. The van der Waals surface area contributed by atoms with E-state index in [0.717, 1.165) is 83.0 Å². The molecular formula is C51H86O11. The van der Waals surface area contributed by atoms with Crippen LogP contribution in [0.15, 0.2) is 0 Å². The van der Waals surface area contributed by atoms with E-state index in [2.05, 4.69) is 0 Å². The summed E-state index contributed by atoms with van der Waals surface area (Å²) in [5, 5.41) is 0. The second kappa shape index (κ2) is 19.9. The monoisotopic (exact) mass is 875 g/mol. The second-order valence-electron chi connectivity index (χ2n) is 21.5. The van der Waals surface area contributed by atoms with E-state index in [0.29, 0.717) is 54.0 Å². The molecular weight excluding hydrogens is 789 g/mol. The fourth-order valence-electron chi connectivity index (χ4n) is 14.0. The molecule has 0 aromatic heterocycles. The number of hydrogen-bond acceptors (Lipinski definition) is 11. The average Bonchev–Trinajstić information content (AvgIpc) is 4.06. The smallest absolute Gasteiger partial charge is 0.311 e. The van der Waals surface area contributed by atoms with E-state index < -0.39 is 16.4 Å². The molecule has 0 radical (unpaired) electrons. The van der Waals surface area contributed by atoms with Crippen LogP contribution in [0.1, 0.15) is 168 Å². The fourth-order valence-corrected chi connectivity index (χ4v) is 14.0. The summed E-state index contributed by atoms with van der Waals surface area (Å²) in [7, 11) is 0. The first kappa shape index (κ1) is 52.1. The van der Waals surface area contributed by atoms with E-state index in [1.807, 2.05) is 48.5 Å². The van der Waals surface area contributed by atoms with Crippen molar-refractivity contribution >= 4 is 29.7 Å². The van der Waals surface area contributed by atoms with E-state index in [-0.39, 0.29) is 109 Å². The van der Waals surface area contributed by atoms with Crippen LogP contribution in [0.5, 0.6) is 0 Å². The molecule has 356 valence electrons. The summed E-state index contributed by atoms with van der Waals surface area (Å²) in [4.78, 5) is 63.4. The van der Waals surface area contributed by atoms with Gasteiger partial charge < -0.3 is 28.4 Å². The van der Waals surface area contributed by atoms with Crippen LogP contribution in [0.3, 0.4) is 0 Å². The van der Waals surface area contributed by atoms with Crippen LogP contribution in [-0.2, 0) is 52.4 Å². The minimum atomic E-state index is -0.715. The maximum Gasteiger partial charge on any atom is 0.311 e. The molecule has 14 atom stereocenters. The lowest BCUT2D eigenvalue weighted by atomic mass is 9.53. The first-order valence-corrected chi connectivity index (χ1v) is 23.1. The summed E-state index contributed by atoms with van der Waals surface area (Å²) in [6, 6.07) is 0. The minimum absolute atomic E-state index is 0. The van der Waals surface area contributed by atoms with Gasteiger partial charge in [-0.3, -0.25) is 24.0 Å². The standard InChI is InChI=1S/C25H36O6.C22H34O5.4CH4/c1-4-24(2,3)23(28)31-20-10-14-8-18(20)19(9-14)22(27)29-13-30-25-11-15-5-16(12-25)7-17(6-15)21(25)26;1-5-22(3,4)21(24)27-17-10-13-9-16(17)19-14-7-12(18(13)19)8-15(14)20(23)26-11-25-6-2;;;;/h14-20H,4-13H2,1-3H3;12-19H,5-11H2,1-4H3;4*1H4. The van der Waals surface area contributed by atoms with Gasteiger partial charge in [0.25, 0.3) is 0 Å². The molecule has 0 heterocycles. The minimum Gasteiger partial charge on any atom is -0.462 e. The molecule has 0 aliphatic heterocycles. The number of hydrogen-bond donors (Lipinski definition) is 0. The van der Waals surface area contributed by atoms with Crippen molar-refractivity contribution in [3.8, 4) is 0 Å². The quantitative estimate of drug-likeness (QED) is 0.0541. The van der Waals surface area contributed by atoms with Gasteiger partial charge in [0.05, 0.1) is 22.7 Å². The molecule has 0 amide bonds. The molecule has 10 aliphatic carbocycles. The highest BCUT2D eigenvalue weighted by molar-refractivity contribution is 5.91. The average molecular weight is 875 g/mol. The van der Waals surface area contributed by atoms with E-state index >= 15 is 0 Å². The number of rotatable bonds is 14. The summed E-state index contributed by atoms with van der Waals surface area (Å²) >= 11 is 0. The fraction of sp³-hybridized carbons (Fsp3) is 0.902. The summed E-state index contributed by atoms with van der Waals surface area (Å²) < 4.78 is 34.0. The molecule has 10 saturated carbocycles. The number of fused-ring (bicyclic) bond motifs is 11. The molecule has 10 rings (SSSR count). The van der Waals surface area contributed by atoms with Gasteiger partial charge in [0, 0.05) is 18.4 Å². The van der Waals surface area contributed by atoms with E-state index in [1.165, 1.54) is 12.8 Å². The molecule has 0 N–H and O–H groups in total. The normalized spacial score (nSPS) is 39.5. The molecule has 0 spiro atoms. The Morgan fingerprint density at radius 1 is 0.581 bits per heavy atom. The molecule has 14 unspecified atom stereocenters. The van der Waals surface area contributed by atoms with E-state index in [1.54, 1.807) is 0 Å². The number of ketones is 1. The number of esters is 4. The lowest BCUT2D eigenvalue weighted by Gasteiger charge is -2.54. The highest BCUT2D eigenvalue weighted by Crippen LogP contribution is 2.69. The Hall–Kier alpha value is -2.53. The van der Waals surface area contributed by atoms with E-state index in [4.69, 9.17) is 28.4 Å². The Morgan fingerprint density at radius 2 is 1.11 bits per heavy atom. The predicted octanol–water partition coefficient (Wildman–Crippen LogP) is 10.4. The zero-order chi connectivity index (χ0) is 41.3. The number of ether oxygens (including phenoxy) is 6. The second-order valence-corrected chi connectivity index (χ2v) is 21.5. The van der Waals surface area contributed by atoms with Gasteiger partial charge in [0.15, 0.2) is 19.4 Å². The lowest BCUT2D eigenvalue weighted by molar-refractivity contribution is -0.210. The third kappa shape index (κ3) is 9.42. The molecule has 62 heavy (non-hydrogen) atoms. The first-order valence-electron chi connectivity index (χ1n) is 23.1. The predicted molar refractivity (Wildman–Crippen MR) is 238 cm³/mol. The largest absolute Gasteiger partial charge is 0.462 e. The molecule has 10 aliphatic rings. The van der Waals surface area contributed by atoms with Crippen molar-refractivity contribution in [3.05, 3.63) is 0 Å². The Bertz CT molecular complexity index is 1590. The van der Waals surface area contributed by atoms with Crippen molar-refractivity contribution in [1.29, 1.82) is 0 Å². The summed E-state index contributed by atoms with van der Waals surface area (Å²) in [6.45, 7) is 14.1. The van der Waals surface area contributed by atoms with Crippen molar-refractivity contribution in [2.75, 3.05) is 20.2 Å². The Balaban J connectivity index is 0.000000258. The summed E-state index contributed by atoms with van der Waals surface area (Å²) in [5.74, 6) is 4.65. The third-order valence-electron chi connectivity index (χ3n) is 17.5. The zero-order valence-electron chi connectivity index (χ0n) is 36.2. The van der Waals surface area contributed by atoms with Crippen LogP contribution >= 0.6 is 0 Å². The van der Waals surface area contributed by atoms with Crippen molar-refractivity contribution in [2.24, 2.45) is 87.8 Å². The summed E-state index contributed by atoms with van der Waals surface area (Å²) in [6.07, 6.45) is 13.1. The number of carbonyl (C=O) groups excluding carboxylic acids is 5. The molecule has 0 saturated heterocycles. The van der Waals surface area contributed by atoms with Gasteiger partial charge in [-0.2, -0.15) is 0 Å².